The lowest BCUT2D eigenvalue weighted by Gasteiger charge is -2.35. The van der Waals surface area contributed by atoms with E-state index in [1.54, 1.807) is 54.3 Å². The van der Waals surface area contributed by atoms with Crippen molar-refractivity contribution in [3.63, 3.8) is 0 Å². The summed E-state index contributed by atoms with van der Waals surface area (Å²) in [6.45, 7) is 5.21. The van der Waals surface area contributed by atoms with E-state index >= 15 is 0 Å². The fourth-order valence-corrected chi connectivity index (χ4v) is 7.85. The van der Waals surface area contributed by atoms with Crippen molar-refractivity contribution >= 4 is 39.1 Å². The summed E-state index contributed by atoms with van der Waals surface area (Å²) in [6.07, 6.45) is 5.30. The van der Waals surface area contributed by atoms with Crippen LogP contribution in [0.15, 0.2) is 102 Å². The zero-order valence-corrected chi connectivity index (χ0v) is 29.4. The average Bonchev–Trinajstić information content (AvgIpc) is 3.08. The van der Waals surface area contributed by atoms with E-state index in [-0.39, 0.29) is 29.8 Å². The van der Waals surface area contributed by atoms with Gasteiger partial charge in [-0.2, -0.15) is 0 Å². The molecule has 1 aliphatic carbocycles. The summed E-state index contributed by atoms with van der Waals surface area (Å²) < 4.78 is 29.8. The van der Waals surface area contributed by atoms with Crippen LogP contribution in [0.2, 0.25) is 5.02 Å². The maximum atomic E-state index is 14.8. The number of benzene rings is 4. The van der Waals surface area contributed by atoms with E-state index in [0.717, 1.165) is 58.7 Å². The fraction of sp³-hybridized carbons (Fsp3) is 0.333. The zero-order valence-electron chi connectivity index (χ0n) is 27.9. The monoisotopic (exact) mass is 685 g/mol. The first-order valence-corrected chi connectivity index (χ1v) is 18.4. The van der Waals surface area contributed by atoms with E-state index in [9.17, 15) is 18.0 Å². The van der Waals surface area contributed by atoms with E-state index in [2.05, 4.69) is 5.32 Å². The highest BCUT2D eigenvalue weighted by Gasteiger charge is 2.36. The Morgan fingerprint density at radius 2 is 1.42 bits per heavy atom. The number of rotatable bonds is 12. The Bertz CT molecular complexity index is 1810. The van der Waals surface area contributed by atoms with Crippen molar-refractivity contribution < 1.29 is 18.0 Å². The van der Waals surface area contributed by atoms with Gasteiger partial charge in [-0.1, -0.05) is 115 Å². The summed E-state index contributed by atoms with van der Waals surface area (Å²) in [5.41, 5.74) is 4.55. The number of hydrogen-bond acceptors (Lipinski definition) is 4. The molecule has 4 aromatic carbocycles. The number of hydrogen-bond donors (Lipinski definition) is 1. The molecule has 0 unspecified atom stereocenters. The minimum Gasteiger partial charge on any atom is -0.352 e. The number of amides is 2. The van der Waals surface area contributed by atoms with Crippen LogP contribution >= 0.6 is 11.6 Å². The third-order valence-corrected chi connectivity index (χ3v) is 11.3. The van der Waals surface area contributed by atoms with Gasteiger partial charge in [-0.05, 0) is 74.6 Å². The second-order valence-electron chi connectivity index (χ2n) is 12.8. The number of nitrogens with one attached hydrogen (secondary N) is 1. The molecule has 0 aliphatic heterocycles. The Morgan fingerprint density at radius 1 is 0.792 bits per heavy atom. The van der Waals surface area contributed by atoms with Crippen LogP contribution in [0, 0.1) is 20.8 Å². The molecular weight excluding hydrogens is 642 g/mol. The zero-order chi connectivity index (χ0) is 34.3. The fourth-order valence-electron chi connectivity index (χ4n) is 6.21. The number of nitrogens with zero attached hydrogens (tertiary/aromatic N) is 2. The third kappa shape index (κ3) is 8.65. The highest BCUT2D eigenvalue weighted by atomic mass is 35.5. The molecule has 1 aliphatic rings. The number of halogens is 1. The molecule has 48 heavy (non-hydrogen) atoms. The summed E-state index contributed by atoms with van der Waals surface area (Å²) in [5.74, 6) is -0.733. The quantitative estimate of drug-likeness (QED) is 0.167. The van der Waals surface area contributed by atoms with Gasteiger partial charge in [0.2, 0.25) is 11.8 Å². The van der Waals surface area contributed by atoms with Gasteiger partial charge in [0.15, 0.2) is 0 Å². The molecule has 4 aromatic rings. The molecule has 0 bridgehead atoms. The third-order valence-electron chi connectivity index (χ3n) is 9.09. The van der Waals surface area contributed by atoms with Crippen LogP contribution in [0.25, 0.3) is 0 Å². The topological polar surface area (TPSA) is 86.8 Å². The van der Waals surface area contributed by atoms with E-state index in [1.807, 2.05) is 68.4 Å². The summed E-state index contributed by atoms with van der Waals surface area (Å²) in [6, 6.07) is 28.2. The molecule has 2 amide bonds. The van der Waals surface area contributed by atoms with Crippen molar-refractivity contribution in [2.75, 3.05) is 10.8 Å². The average molecular weight is 686 g/mol. The molecule has 1 fully saturated rings. The van der Waals surface area contributed by atoms with E-state index in [1.165, 1.54) is 0 Å². The maximum Gasteiger partial charge on any atom is 0.264 e. The van der Waals surface area contributed by atoms with Crippen LogP contribution in [0.4, 0.5) is 5.69 Å². The van der Waals surface area contributed by atoms with Crippen molar-refractivity contribution in [2.24, 2.45) is 0 Å². The van der Waals surface area contributed by atoms with Gasteiger partial charge in [-0.3, -0.25) is 13.9 Å². The van der Waals surface area contributed by atoms with Crippen LogP contribution in [0.1, 0.15) is 59.9 Å². The Hall–Kier alpha value is -4.14. The van der Waals surface area contributed by atoms with Crippen LogP contribution in [-0.4, -0.2) is 43.8 Å². The van der Waals surface area contributed by atoms with E-state index in [4.69, 9.17) is 11.6 Å². The molecular formula is C39H44ClN3O4S. The van der Waals surface area contributed by atoms with Crippen LogP contribution in [0.5, 0.6) is 0 Å². The largest absolute Gasteiger partial charge is 0.352 e. The minimum atomic E-state index is -4.22. The van der Waals surface area contributed by atoms with Gasteiger partial charge in [-0.15, -0.1) is 0 Å². The number of aryl methyl sites for hydroxylation is 2. The summed E-state index contributed by atoms with van der Waals surface area (Å²) in [7, 11) is -4.22. The molecule has 5 rings (SSSR count). The lowest BCUT2D eigenvalue weighted by Crippen LogP contribution is -2.55. The normalized spacial score (nSPS) is 14.2. The van der Waals surface area contributed by atoms with Crippen molar-refractivity contribution in [1.29, 1.82) is 0 Å². The summed E-state index contributed by atoms with van der Waals surface area (Å²) >= 11 is 6.50. The van der Waals surface area contributed by atoms with Crippen LogP contribution < -0.4 is 9.62 Å². The molecule has 7 nitrogen and oxygen atoms in total. The molecule has 0 saturated heterocycles. The lowest BCUT2D eigenvalue weighted by molar-refractivity contribution is -0.140. The predicted molar refractivity (Wildman–Crippen MR) is 193 cm³/mol. The molecule has 0 radical (unpaired) electrons. The molecule has 1 atom stereocenters. The smallest absolute Gasteiger partial charge is 0.264 e. The Balaban J connectivity index is 1.58. The van der Waals surface area contributed by atoms with Crippen LogP contribution in [-0.2, 0) is 32.6 Å². The second kappa shape index (κ2) is 15.8. The molecule has 252 valence electrons. The first-order valence-electron chi connectivity index (χ1n) is 16.6. The highest BCUT2D eigenvalue weighted by Crippen LogP contribution is 2.31. The summed E-state index contributed by atoms with van der Waals surface area (Å²) in [5, 5.41) is 3.63. The van der Waals surface area contributed by atoms with Crippen molar-refractivity contribution in [3.8, 4) is 0 Å². The van der Waals surface area contributed by atoms with Gasteiger partial charge in [-0.25, -0.2) is 8.42 Å². The summed E-state index contributed by atoms with van der Waals surface area (Å²) in [4.78, 5) is 30.6. The first-order chi connectivity index (χ1) is 23.0. The van der Waals surface area contributed by atoms with Crippen molar-refractivity contribution in [3.05, 3.63) is 130 Å². The van der Waals surface area contributed by atoms with Gasteiger partial charge in [0.1, 0.15) is 12.6 Å². The molecule has 0 spiro atoms. The Labute approximate surface area is 290 Å². The van der Waals surface area contributed by atoms with Gasteiger partial charge in [0.05, 0.1) is 10.6 Å². The lowest BCUT2D eigenvalue weighted by atomic mass is 9.94. The Morgan fingerprint density at radius 3 is 2.06 bits per heavy atom. The predicted octanol–water partition coefficient (Wildman–Crippen LogP) is 7.55. The molecule has 1 N–H and O–H groups in total. The Kier molecular flexibility index (Phi) is 11.6. The second-order valence-corrected chi connectivity index (χ2v) is 15.0. The van der Waals surface area contributed by atoms with E-state index in [0.29, 0.717) is 16.3 Å². The number of carbonyl (C=O) groups excluding carboxylic acids is 2. The van der Waals surface area contributed by atoms with Crippen LogP contribution in [0.3, 0.4) is 0 Å². The molecule has 9 heteroatoms. The van der Waals surface area contributed by atoms with E-state index < -0.39 is 28.5 Å². The molecule has 0 aromatic heterocycles. The van der Waals surface area contributed by atoms with Gasteiger partial charge >= 0.3 is 0 Å². The van der Waals surface area contributed by atoms with Gasteiger partial charge in [0.25, 0.3) is 10.0 Å². The number of carbonyl (C=O) groups is 2. The van der Waals surface area contributed by atoms with Gasteiger partial charge in [0, 0.05) is 24.0 Å². The molecule has 0 heterocycles. The SMILES string of the molecule is Cc1ccc(CN(C(=O)CN(c2cccc(Cl)c2C)S(=O)(=O)c2ccc(C)cc2)[C@H](Cc2ccccc2)C(=O)NC2CCCCC2)cc1. The standard InChI is InChI=1S/C39H44ClN3O4S/c1-28-17-21-32(22-18-28)26-42(37(25-31-11-6-4-7-12-31)39(45)41-33-13-8-5-9-14-33)38(44)27-43(36-16-10-15-35(40)30(36)3)48(46,47)34-23-19-29(2)20-24-34/h4,6-7,10-12,15-24,33,37H,5,8-9,13-14,25-27H2,1-3H3,(H,41,45)/t37-/m1/s1. The number of anilines is 1. The maximum absolute atomic E-state index is 14.8. The minimum absolute atomic E-state index is 0.0355. The molecule has 1 saturated carbocycles. The van der Waals surface area contributed by atoms with Gasteiger partial charge < -0.3 is 10.2 Å². The number of sulfonamides is 1. The highest BCUT2D eigenvalue weighted by molar-refractivity contribution is 7.92. The van der Waals surface area contributed by atoms with Crippen molar-refractivity contribution in [1.82, 2.24) is 10.2 Å². The first kappa shape index (κ1) is 35.2. The van der Waals surface area contributed by atoms with Crippen molar-refractivity contribution in [2.45, 2.75) is 82.8 Å².